The molecule has 0 unspecified atom stereocenters. The van der Waals surface area contributed by atoms with Crippen molar-refractivity contribution in [1.82, 2.24) is 4.57 Å². The second-order valence-electron chi connectivity index (χ2n) is 7.73. The summed E-state index contributed by atoms with van der Waals surface area (Å²) in [4.78, 5) is 0. The fraction of sp³-hybridized carbons (Fsp3) is 0.857. The first kappa shape index (κ1) is 22.5. The van der Waals surface area contributed by atoms with E-state index in [4.69, 9.17) is 0 Å². The number of rotatable bonds is 16. The summed E-state index contributed by atoms with van der Waals surface area (Å²) in [5.41, 5.74) is 0. The van der Waals surface area contributed by atoms with Gasteiger partial charge in [0.05, 0.1) is 20.7 Å². The van der Waals surface area contributed by atoms with E-state index in [2.05, 4.69) is 48.8 Å². The lowest BCUT2D eigenvalue weighted by molar-refractivity contribution is -0.671. The summed E-state index contributed by atoms with van der Waals surface area (Å²) in [6.07, 6.45) is 22.9. The third-order valence-electron chi connectivity index (χ3n) is 5.14. The zero-order valence-corrected chi connectivity index (χ0v) is 18.0. The van der Waals surface area contributed by atoms with Gasteiger partial charge in [-0.1, -0.05) is 52.4 Å². The molecule has 0 radical (unpaired) electrons. The SMILES string of the molecule is CCCCCCP(=O)(CCCCCC)CCCCCn1cc[n+](C)c1. The van der Waals surface area contributed by atoms with Crippen molar-refractivity contribution >= 4 is 7.14 Å². The summed E-state index contributed by atoms with van der Waals surface area (Å²) in [6, 6.07) is 0. The molecule has 0 saturated heterocycles. The summed E-state index contributed by atoms with van der Waals surface area (Å²) >= 11 is 0. The molecule has 0 saturated carbocycles. The van der Waals surface area contributed by atoms with Crippen LogP contribution in [0.2, 0.25) is 0 Å². The molecule has 3 nitrogen and oxygen atoms in total. The van der Waals surface area contributed by atoms with Gasteiger partial charge < -0.3 is 4.57 Å². The molecule has 0 aliphatic rings. The molecule has 0 aliphatic carbocycles. The Balaban J connectivity index is 2.28. The highest BCUT2D eigenvalue weighted by atomic mass is 31.2. The summed E-state index contributed by atoms with van der Waals surface area (Å²) in [5, 5.41) is 0. The summed E-state index contributed by atoms with van der Waals surface area (Å²) < 4.78 is 17.7. The van der Waals surface area contributed by atoms with Gasteiger partial charge in [0.25, 0.3) is 0 Å². The van der Waals surface area contributed by atoms with Crippen LogP contribution in [0.1, 0.15) is 84.5 Å². The van der Waals surface area contributed by atoms with Crippen molar-refractivity contribution in [2.45, 2.75) is 91.0 Å². The van der Waals surface area contributed by atoms with Gasteiger partial charge in [-0.2, -0.15) is 0 Å². The van der Waals surface area contributed by atoms with Gasteiger partial charge in [0.15, 0.2) is 0 Å². The molecule has 146 valence electrons. The van der Waals surface area contributed by atoms with Crippen LogP contribution in [0.25, 0.3) is 0 Å². The molecule has 1 rings (SSSR count). The largest absolute Gasteiger partial charge is 0.324 e. The van der Waals surface area contributed by atoms with Crippen LogP contribution in [0.4, 0.5) is 0 Å². The third-order valence-corrected chi connectivity index (χ3v) is 8.54. The van der Waals surface area contributed by atoms with Crippen molar-refractivity contribution in [2.24, 2.45) is 7.05 Å². The maximum atomic E-state index is 13.4. The number of unbranched alkanes of at least 4 members (excludes halogenated alkanes) is 8. The van der Waals surface area contributed by atoms with E-state index in [0.717, 1.165) is 31.5 Å². The lowest BCUT2D eigenvalue weighted by Gasteiger charge is -2.18. The highest BCUT2D eigenvalue weighted by Crippen LogP contribution is 2.48. The topological polar surface area (TPSA) is 25.9 Å². The highest BCUT2D eigenvalue weighted by molar-refractivity contribution is 7.63. The zero-order valence-electron chi connectivity index (χ0n) is 17.1. The van der Waals surface area contributed by atoms with Gasteiger partial charge in [0.2, 0.25) is 6.33 Å². The molecule has 0 amide bonds. The van der Waals surface area contributed by atoms with Crippen LogP contribution in [0.3, 0.4) is 0 Å². The quantitative estimate of drug-likeness (QED) is 0.199. The van der Waals surface area contributed by atoms with Crippen molar-refractivity contribution in [3.05, 3.63) is 18.7 Å². The van der Waals surface area contributed by atoms with Crippen LogP contribution in [-0.2, 0) is 18.2 Å². The second-order valence-corrected chi connectivity index (χ2v) is 11.2. The molecular formula is C21H42N2OP+. The van der Waals surface area contributed by atoms with Crippen molar-refractivity contribution in [2.75, 3.05) is 18.5 Å². The van der Waals surface area contributed by atoms with E-state index in [9.17, 15) is 4.57 Å². The Hall–Kier alpha value is -0.560. The average Bonchev–Trinajstić information content (AvgIpc) is 3.01. The van der Waals surface area contributed by atoms with Gasteiger partial charge >= 0.3 is 0 Å². The molecule has 0 aliphatic heterocycles. The van der Waals surface area contributed by atoms with E-state index in [0.29, 0.717) is 0 Å². The third kappa shape index (κ3) is 10.9. The number of nitrogens with zero attached hydrogens (tertiary/aromatic N) is 2. The minimum absolute atomic E-state index is 0.991. The number of imidazole rings is 1. The Morgan fingerprint density at radius 1 is 0.800 bits per heavy atom. The van der Waals surface area contributed by atoms with Crippen LogP contribution in [0.5, 0.6) is 0 Å². The van der Waals surface area contributed by atoms with Crippen molar-refractivity contribution in [3.8, 4) is 0 Å². The fourth-order valence-electron chi connectivity index (χ4n) is 3.49. The van der Waals surface area contributed by atoms with Crippen LogP contribution in [0, 0.1) is 0 Å². The molecule has 0 fully saturated rings. The van der Waals surface area contributed by atoms with E-state index in [-0.39, 0.29) is 0 Å². The predicted octanol–water partition coefficient (Wildman–Crippen LogP) is 6.01. The molecule has 1 heterocycles. The Labute approximate surface area is 156 Å². The van der Waals surface area contributed by atoms with Crippen LogP contribution < -0.4 is 4.57 Å². The van der Waals surface area contributed by atoms with Gasteiger partial charge in [-0.25, -0.2) is 9.13 Å². The Bertz CT molecular complexity index is 468. The first-order valence-electron chi connectivity index (χ1n) is 10.7. The smallest absolute Gasteiger partial charge is 0.243 e. The van der Waals surface area contributed by atoms with Crippen molar-refractivity contribution in [1.29, 1.82) is 0 Å². The normalized spacial score (nSPS) is 12.0. The van der Waals surface area contributed by atoms with E-state index in [1.165, 1.54) is 64.2 Å². The number of aryl methyl sites for hydroxylation is 2. The summed E-state index contributed by atoms with van der Waals surface area (Å²) in [5.74, 6) is 0. The monoisotopic (exact) mass is 369 g/mol. The van der Waals surface area contributed by atoms with Gasteiger partial charge in [-0.3, -0.25) is 0 Å². The molecule has 0 bridgehead atoms. The number of aromatic nitrogens is 2. The molecule has 0 aromatic carbocycles. The Morgan fingerprint density at radius 3 is 1.76 bits per heavy atom. The molecule has 1 aromatic rings. The zero-order chi connectivity index (χ0) is 18.4. The van der Waals surface area contributed by atoms with Gasteiger partial charge in [0.1, 0.15) is 12.4 Å². The van der Waals surface area contributed by atoms with Crippen molar-refractivity contribution in [3.63, 3.8) is 0 Å². The molecule has 25 heavy (non-hydrogen) atoms. The van der Waals surface area contributed by atoms with E-state index in [1.54, 1.807) is 0 Å². The number of hydrogen-bond acceptors (Lipinski definition) is 1. The maximum Gasteiger partial charge on any atom is 0.243 e. The molecule has 1 aromatic heterocycles. The van der Waals surface area contributed by atoms with E-state index < -0.39 is 7.14 Å². The molecule has 0 N–H and O–H groups in total. The van der Waals surface area contributed by atoms with E-state index >= 15 is 0 Å². The second kappa shape index (κ2) is 13.6. The van der Waals surface area contributed by atoms with Gasteiger partial charge in [0, 0.05) is 18.5 Å². The summed E-state index contributed by atoms with van der Waals surface area (Å²) in [7, 11) is 0.141. The summed E-state index contributed by atoms with van der Waals surface area (Å²) in [6.45, 7) is 5.57. The van der Waals surface area contributed by atoms with Gasteiger partial charge in [-0.05, 0) is 32.1 Å². The first-order valence-corrected chi connectivity index (χ1v) is 12.9. The lowest BCUT2D eigenvalue weighted by Crippen LogP contribution is -2.23. The van der Waals surface area contributed by atoms with Crippen molar-refractivity contribution < 1.29 is 9.13 Å². The van der Waals surface area contributed by atoms with Crippen LogP contribution in [0.15, 0.2) is 18.7 Å². The highest BCUT2D eigenvalue weighted by Gasteiger charge is 2.20. The maximum absolute atomic E-state index is 13.4. The average molecular weight is 370 g/mol. The Morgan fingerprint density at radius 2 is 1.32 bits per heavy atom. The Kier molecular flexibility index (Phi) is 12.2. The van der Waals surface area contributed by atoms with Crippen LogP contribution >= 0.6 is 7.14 Å². The molecule has 4 heteroatoms. The standard InChI is InChI=1S/C21H42N2OP/c1-4-6-8-12-18-25(24,19-13-9-7-5-2)20-14-10-11-15-23-17-16-22(3)21-23/h16-17,21H,4-15,18-20H2,1-3H3/q+1. The van der Waals surface area contributed by atoms with Crippen LogP contribution in [-0.4, -0.2) is 23.1 Å². The minimum Gasteiger partial charge on any atom is -0.324 e. The number of hydrogen-bond donors (Lipinski definition) is 0. The van der Waals surface area contributed by atoms with Gasteiger partial charge in [-0.15, -0.1) is 0 Å². The fourth-order valence-corrected chi connectivity index (χ4v) is 6.56. The first-order chi connectivity index (χ1) is 12.1. The molecule has 0 atom stereocenters. The molecule has 0 spiro atoms. The minimum atomic E-state index is -1.92. The molecular weight excluding hydrogens is 327 g/mol. The lowest BCUT2D eigenvalue weighted by atomic mass is 10.2. The van der Waals surface area contributed by atoms with E-state index in [1.807, 2.05) is 0 Å². The predicted molar refractivity (Wildman–Crippen MR) is 110 cm³/mol.